The zero-order valence-electron chi connectivity index (χ0n) is 11.0. The highest BCUT2D eigenvalue weighted by Gasteiger charge is 2.11. The molecule has 0 radical (unpaired) electrons. The second-order valence-electron chi connectivity index (χ2n) is 4.30. The third-order valence-corrected chi connectivity index (χ3v) is 3.40. The Bertz CT molecular complexity index is 626. The van der Waals surface area contributed by atoms with Crippen LogP contribution in [0.2, 0.25) is 0 Å². The lowest BCUT2D eigenvalue weighted by Crippen LogP contribution is -2.04. The summed E-state index contributed by atoms with van der Waals surface area (Å²) in [6.07, 6.45) is 0.410. The summed E-state index contributed by atoms with van der Waals surface area (Å²) in [6.45, 7) is 1.89. The average Bonchev–Trinajstić information content (AvgIpc) is 2.46. The Hall–Kier alpha value is -1.68. The second kappa shape index (κ2) is 6.66. The van der Waals surface area contributed by atoms with Crippen molar-refractivity contribution in [2.24, 2.45) is 0 Å². The number of carbonyl (C=O) groups is 1. The van der Waals surface area contributed by atoms with Crippen LogP contribution in [0.4, 0.5) is 4.39 Å². The number of para-hydroxylation sites is 1. The van der Waals surface area contributed by atoms with Crippen LogP contribution in [0.5, 0.6) is 5.75 Å². The molecule has 0 heterocycles. The van der Waals surface area contributed by atoms with E-state index in [2.05, 4.69) is 15.9 Å². The fourth-order valence-electron chi connectivity index (χ4n) is 1.81. The molecule has 0 unspecified atom stereocenters. The topological polar surface area (TPSA) is 26.3 Å². The molecule has 0 aromatic heterocycles. The van der Waals surface area contributed by atoms with Crippen molar-refractivity contribution in [1.29, 1.82) is 0 Å². The largest absolute Gasteiger partial charge is 0.488 e. The number of hydrogen-bond acceptors (Lipinski definition) is 2. The Kier molecular flexibility index (Phi) is 4.90. The van der Waals surface area contributed by atoms with Gasteiger partial charge >= 0.3 is 0 Å². The SMILES string of the molecule is CCC(=O)c1ccccc1OCc1ccc(Br)cc1F. The molecule has 0 aliphatic carbocycles. The van der Waals surface area contributed by atoms with E-state index in [1.54, 1.807) is 43.3 Å². The van der Waals surface area contributed by atoms with Gasteiger partial charge in [0.15, 0.2) is 5.78 Å². The third kappa shape index (κ3) is 3.45. The molecule has 2 aromatic carbocycles. The van der Waals surface area contributed by atoms with E-state index in [4.69, 9.17) is 4.74 Å². The number of ketones is 1. The predicted octanol–water partition coefficient (Wildman–Crippen LogP) is 4.76. The normalized spacial score (nSPS) is 10.3. The van der Waals surface area contributed by atoms with Gasteiger partial charge in [-0.3, -0.25) is 4.79 Å². The van der Waals surface area contributed by atoms with Crippen LogP contribution >= 0.6 is 15.9 Å². The molecule has 2 nitrogen and oxygen atoms in total. The van der Waals surface area contributed by atoms with Gasteiger partial charge in [0, 0.05) is 16.5 Å². The Morgan fingerprint density at radius 1 is 1.25 bits per heavy atom. The molecule has 0 amide bonds. The first-order valence-corrected chi connectivity index (χ1v) is 7.10. The van der Waals surface area contributed by atoms with Crippen molar-refractivity contribution >= 4 is 21.7 Å². The van der Waals surface area contributed by atoms with Crippen LogP contribution in [0.3, 0.4) is 0 Å². The summed E-state index contributed by atoms with van der Waals surface area (Å²) in [5.41, 5.74) is 0.986. The monoisotopic (exact) mass is 336 g/mol. The Morgan fingerprint density at radius 2 is 2.00 bits per heavy atom. The smallest absolute Gasteiger partial charge is 0.166 e. The minimum absolute atomic E-state index is 0.0110. The van der Waals surface area contributed by atoms with Crippen LogP contribution in [0, 0.1) is 5.82 Å². The van der Waals surface area contributed by atoms with E-state index in [-0.39, 0.29) is 18.2 Å². The van der Waals surface area contributed by atoms with Gasteiger partial charge in [0.05, 0.1) is 5.56 Å². The van der Waals surface area contributed by atoms with E-state index < -0.39 is 0 Å². The number of Topliss-reactive ketones (excluding diaryl/α,β-unsaturated/α-hetero) is 1. The minimum atomic E-state index is -0.335. The van der Waals surface area contributed by atoms with Gasteiger partial charge < -0.3 is 4.74 Å². The fraction of sp³-hybridized carbons (Fsp3) is 0.188. The Labute approximate surface area is 125 Å². The van der Waals surface area contributed by atoms with Gasteiger partial charge in [0.1, 0.15) is 18.2 Å². The minimum Gasteiger partial charge on any atom is -0.488 e. The van der Waals surface area contributed by atoms with Crippen LogP contribution in [-0.2, 0) is 6.61 Å². The number of carbonyl (C=O) groups excluding carboxylic acids is 1. The number of ether oxygens (including phenoxy) is 1. The maximum atomic E-state index is 13.7. The third-order valence-electron chi connectivity index (χ3n) is 2.91. The quantitative estimate of drug-likeness (QED) is 0.736. The van der Waals surface area contributed by atoms with Crippen LogP contribution < -0.4 is 4.74 Å². The van der Waals surface area contributed by atoms with Crippen molar-refractivity contribution in [3.63, 3.8) is 0 Å². The summed E-state index contributed by atoms with van der Waals surface area (Å²) in [4.78, 5) is 11.8. The maximum absolute atomic E-state index is 13.7. The first-order chi connectivity index (χ1) is 9.61. The summed E-state index contributed by atoms with van der Waals surface area (Å²) < 4.78 is 20.0. The van der Waals surface area contributed by atoms with Gasteiger partial charge in [-0.25, -0.2) is 4.39 Å². The second-order valence-corrected chi connectivity index (χ2v) is 5.21. The van der Waals surface area contributed by atoms with Gasteiger partial charge in [0.25, 0.3) is 0 Å². The maximum Gasteiger partial charge on any atom is 0.166 e. The lowest BCUT2D eigenvalue weighted by molar-refractivity contribution is 0.0983. The van der Waals surface area contributed by atoms with Crippen LogP contribution in [-0.4, -0.2) is 5.78 Å². The van der Waals surface area contributed by atoms with Crippen molar-refractivity contribution in [3.8, 4) is 5.75 Å². The van der Waals surface area contributed by atoms with Crippen molar-refractivity contribution < 1.29 is 13.9 Å². The van der Waals surface area contributed by atoms with E-state index in [0.717, 1.165) is 0 Å². The molecule has 0 atom stereocenters. The lowest BCUT2D eigenvalue weighted by Gasteiger charge is -2.11. The first-order valence-electron chi connectivity index (χ1n) is 6.30. The predicted molar refractivity (Wildman–Crippen MR) is 79.5 cm³/mol. The van der Waals surface area contributed by atoms with E-state index in [0.29, 0.717) is 27.8 Å². The molecule has 0 aliphatic heterocycles. The van der Waals surface area contributed by atoms with Gasteiger partial charge in [-0.15, -0.1) is 0 Å². The molecule has 20 heavy (non-hydrogen) atoms. The van der Waals surface area contributed by atoms with Crippen LogP contribution in [0.25, 0.3) is 0 Å². The molecule has 2 rings (SSSR count). The summed E-state index contributed by atoms with van der Waals surface area (Å²) in [7, 11) is 0. The summed E-state index contributed by atoms with van der Waals surface area (Å²) >= 11 is 3.21. The molecule has 0 bridgehead atoms. The highest BCUT2D eigenvalue weighted by molar-refractivity contribution is 9.10. The molecule has 0 spiro atoms. The van der Waals surface area contributed by atoms with Gasteiger partial charge in [-0.1, -0.05) is 41.1 Å². The van der Waals surface area contributed by atoms with Gasteiger partial charge in [-0.05, 0) is 24.3 Å². The molecular formula is C16H14BrFO2. The number of halogens is 2. The van der Waals surface area contributed by atoms with E-state index in [1.165, 1.54) is 6.07 Å². The first kappa shape index (κ1) is 14.7. The highest BCUT2D eigenvalue weighted by atomic mass is 79.9. The molecule has 0 N–H and O–H groups in total. The molecule has 0 saturated heterocycles. The zero-order chi connectivity index (χ0) is 14.5. The number of hydrogen-bond donors (Lipinski definition) is 0. The van der Waals surface area contributed by atoms with Crippen molar-refractivity contribution in [2.75, 3.05) is 0 Å². The fourth-order valence-corrected chi connectivity index (χ4v) is 2.14. The average molecular weight is 337 g/mol. The number of rotatable bonds is 5. The standard InChI is InChI=1S/C16H14BrFO2/c1-2-15(19)13-5-3-4-6-16(13)20-10-11-7-8-12(17)9-14(11)18/h3-9H,2,10H2,1H3. The van der Waals surface area contributed by atoms with Crippen LogP contribution in [0.1, 0.15) is 29.3 Å². The molecule has 0 saturated carbocycles. The Balaban J connectivity index is 2.17. The summed E-state index contributed by atoms with van der Waals surface area (Å²) in [6, 6.07) is 11.8. The van der Waals surface area contributed by atoms with Crippen LogP contribution in [0.15, 0.2) is 46.9 Å². The lowest BCUT2D eigenvalue weighted by atomic mass is 10.1. The van der Waals surface area contributed by atoms with Crippen molar-refractivity contribution in [2.45, 2.75) is 20.0 Å². The molecule has 104 valence electrons. The Morgan fingerprint density at radius 3 is 2.70 bits per heavy atom. The summed E-state index contributed by atoms with van der Waals surface area (Å²) in [5, 5.41) is 0. The molecule has 2 aromatic rings. The highest BCUT2D eigenvalue weighted by Crippen LogP contribution is 2.22. The number of benzene rings is 2. The van der Waals surface area contributed by atoms with E-state index >= 15 is 0 Å². The van der Waals surface area contributed by atoms with Crippen molar-refractivity contribution in [1.82, 2.24) is 0 Å². The molecule has 0 fully saturated rings. The molecule has 4 heteroatoms. The molecular weight excluding hydrogens is 323 g/mol. The van der Waals surface area contributed by atoms with E-state index in [1.807, 2.05) is 0 Å². The zero-order valence-corrected chi connectivity index (χ0v) is 12.6. The molecule has 0 aliphatic rings. The van der Waals surface area contributed by atoms with Gasteiger partial charge in [0.2, 0.25) is 0 Å². The van der Waals surface area contributed by atoms with E-state index in [9.17, 15) is 9.18 Å². The van der Waals surface area contributed by atoms with Crippen molar-refractivity contribution in [3.05, 3.63) is 63.9 Å². The summed E-state index contributed by atoms with van der Waals surface area (Å²) in [5.74, 6) is 0.164. The van der Waals surface area contributed by atoms with Gasteiger partial charge in [-0.2, -0.15) is 0 Å².